The summed E-state index contributed by atoms with van der Waals surface area (Å²) in [6, 6.07) is 5.45. The first-order valence-electron chi connectivity index (χ1n) is 8.82. The molecule has 1 aromatic carbocycles. The smallest absolute Gasteiger partial charge is 0.380 e. The van der Waals surface area contributed by atoms with Crippen LogP contribution >= 0.6 is 0 Å². The van der Waals surface area contributed by atoms with Crippen LogP contribution in [0.5, 0.6) is 5.75 Å². The molecule has 4 rings (SSSR count). The molecule has 1 aromatic rings. The number of nitrogens with two attached hydrogens (primary N) is 1. The lowest BCUT2D eigenvalue weighted by Crippen LogP contribution is -2.52. The van der Waals surface area contributed by atoms with Gasteiger partial charge in [0.25, 0.3) is 0 Å². The van der Waals surface area contributed by atoms with Crippen LogP contribution in [0.2, 0.25) is 0 Å². The van der Waals surface area contributed by atoms with Gasteiger partial charge in [0.1, 0.15) is 11.4 Å². The Balaban J connectivity index is 1.62. The monoisotopic (exact) mass is 365 g/mol. The predicted molar refractivity (Wildman–Crippen MR) is 91.2 cm³/mol. The highest BCUT2D eigenvalue weighted by molar-refractivity contribution is 7.84. The number of hydrogen-bond donors (Lipinski definition) is 1. The van der Waals surface area contributed by atoms with Crippen LogP contribution in [0.15, 0.2) is 18.2 Å². The summed E-state index contributed by atoms with van der Waals surface area (Å²) in [5.41, 5.74) is 2.08. The molecule has 3 aliphatic rings. The van der Waals surface area contributed by atoms with Gasteiger partial charge in [-0.1, -0.05) is 6.07 Å². The summed E-state index contributed by atoms with van der Waals surface area (Å²) in [5, 5.41) is 4.96. The summed E-state index contributed by atoms with van der Waals surface area (Å²) in [6.07, 6.45) is 5.16. The van der Waals surface area contributed by atoms with E-state index in [1.807, 2.05) is 6.07 Å². The van der Waals surface area contributed by atoms with Crippen molar-refractivity contribution in [1.29, 1.82) is 0 Å². The third-order valence-electron chi connectivity index (χ3n) is 6.25. The van der Waals surface area contributed by atoms with E-state index in [9.17, 15) is 13.2 Å². The maximum Gasteiger partial charge on any atom is 0.380 e. The standard InChI is InChI=1S/C18H23NO5S/c1-18-9-8-14-13-5-3-12(24-25(19,21)22)10-11(13)2-4-15(14)16(18)6-7-17(20)23-18/h3,5,10,14-16H,2,4,6-9H2,1H3,(H2,19,21,22)/t14-,15-,16+,18+/m1/s1. The fraction of sp³-hybridized carbons (Fsp3) is 0.611. The summed E-state index contributed by atoms with van der Waals surface area (Å²) < 4.78 is 32.8. The average Bonchev–Trinajstić information content (AvgIpc) is 2.51. The number of fused-ring (bicyclic) bond motifs is 5. The summed E-state index contributed by atoms with van der Waals surface area (Å²) in [7, 11) is -4.00. The molecule has 1 heterocycles. The lowest BCUT2D eigenvalue weighted by atomic mass is 9.57. The molecular weight excluding hydrogens is 342 g/mol. The van der Waals surface area contributed by atoms with Gasteiger partial charge >= 0.3 is 16.3 Å². The molecule has 2 aliphatic carbocycles. The maximum atomic E-state index is 11.7. The largest absolute Gasteiger partial charge is 0.459 e. The van der Waals surface area contributed by atoms with Crippen LogP contribution < -0.4 is 9.32 Å². The molecule has 0 bridgehead atoms. The fourth-order valence-corrected chi connectivity index (χ4v) is 5.63. The third kappa shape index (κ3) is 3.04. The molecule has 0 radical (unpaired) electrons. The zero-order chi connectivity index (χ0) is 17.8. The SMILES string of the molecule is C[C@]12CC[C@@H]3c4ccc(OS(N)(=O)=O)cc4CC[C@H]3[C@@H]1CCC(=O)O2. The average molecular weight is 365 g/mol. The van der Waals surface area contributed by atoms with Crippen LogP contribution in [0.4, 0.5) is 0 Å². The van der Waals surface area contributed by atoms with Crippen LogP contribution in [0.25, 0.3) is 0 Å². The van der Waals surface area contributed by atoms with Gasteiger partial charge in [-0.3, -0.25) is 4.79 Å². The van der Waals surface area contributed by atoms with E-state index in [1.54, 1.807) is 12.1 Å². The minimum atomic E-state index is -4.00. The molecule has 25 heavy (non-hydrogen) atoms. The molecule has 2 N–H and O–H groups in total. The van der Waals surface area contributed by atoms with Crippen LogP contribution in [0.3, 0.4) is 0 Å². The summed E-state index contributed by atoms with van der Waals surface area (Å²) in [4.78, 5) is 11.7. The van der Waals surface area contributed by atoms with Crippen molar-refractivity contribution in [3.8, 4) is 5.75 Å². The molecular formula is C18H23NO5S. The number of aryl methyl sites for hydroxylation is 1. The van der Waals surface area contributed by atoms with Gasteiger partial charge in [0.15, 0.2) is 0 Å². The van der Waals surface area contributed by atoms with Crippen molar-refractivity contribution < 1.29 is 22.1 Å². The van der Waals surface area contributed by atoms with Crippen molar-refractivity contribution in [3.05, 3.63) is 29.3 Å². The molecule has 4 atom stereocenters. The molecule has 1 saturated carbocycles. The lowest BCUT2D eigenvalue weighted by molar-refractivity contribution is -0.185. The highest BCUT2D eigenvalue weighted by Gasteiger charge is 2.52. The number of benzene rings is 1. The van der Waals surface area contributed by atoms with E-state index in [-0.39, 0.29) is 17.3 Å². The summed E-state index contributed by atoms with van der Waals surface area (Å²) in [6.45, 7) is 2.09. The normalized spacial score (nSPS) is 34.3. The Bertz CT molecular complexity index is 821. The first-order valence-corrected chi connectivity index (χ1v) is 10.3. The highest BCUT2D eigenvalue weighted by Crippen LogP contribution is 2.55. The van der Waals surface area contributed by atoms with Gasteiger partial charge < -0.3 is 8.92 Å². The molecule has 6 nitrogen and oxygen atoms in total. The number of ether oxygens (including phenoxy) is 1. The number of hydrogen-bond acceptors (Lipinski definition) is 5. The number of carbonyl (C=O) groups is 1. The van der Waals surface area contributed by atoms with Gasteiger partial charge in [-0.25, -0.2) is 0 Å². The van der Waals surface area contributed by atoms with E-state index in [0.29, 0.717) is 24.2 Å². The van der Waals surface area contributed by atoms with Crippen molar-refractivity contribution in [2.75, 3.05) is 0 Å². The topological polar surface area (TPSA) is 95.7 Å². The molecule has 7 heteroatoms. The lowest BCUT2D eigenvalue weighted by Gasteiger charge is -2.53. The van der Waals surface area contributed by atoms with E-state index in [1.165, 1.54) is 5.56 Å². The van der Waals surface area contributed by atoms with Crippen LogP contribution in [0, 0.1) is 11.8 Å². The van der Waals surface area contributed by atoms with Crippen molar-refractivity contribution >= 4 is 16.3 Å². The van der Waals surface area contributed by atoms with Crippen molar-refractivity contribution in [2.24, 2.45) is 17.0 Å². The predicted octanol–water partition coefficient (Wildman–Crippen LogP) is 2.42. The summed E-state index contributed by atoms with van der Waals surface area (Å²) >= 11 is 0. The molecule has 0 amide bonds. The van der Waals surface area contributed by atoms with E-state index in [0.717, 1.165) is 37.7 Å². The first kappa shape index (κ1) is 16.8. The van der Waals surface area contributed by atoms with Crippen molar-refractivity contribution in [3.63, 3.8) is 0 Å². The van der Waals surface area contributed by atoms with E-state index < -0.39 is 10.3 Å². The molecule has 0 spiro atoms. The Labute approximate surface area is 147 Å². The highest BCUT2D eigenvalue weighted by atomic mass is 32.2. The van der Waals surface area contributed by atoms with Gasteiger partial charge in [-0.2, -0.15) is 13.6 Å². The van der Waals surface area contributed by atoms with Gasteiger partial charge in [0, 0.05) is 12.3 Å². The quantitative estimate of drug-likeness (QED) is 0.812. The number of rotatable bonds is 2. The van der Waals surface area contributed by atoms with Crippen molar-refractivity contribution in [2.45, 2.75) is 57.0 Å². The Hall–Kier alpha value is -1.60. The number of carbonyl (C=O) groups excluding carboxylic acids is 1. The molecule has 2 fully saturated rings. The molecule has 1 aliphatic heterocycles. The maximum absolute atomic E-state index is 11.7. The van der Waals surface area contributed by atoms with E-state index in [2.05, 4.69) is 6.92 Å². The first-order chi connectivity index (χ1) is 11.8. The van der Waals surface area contributed by atoms with Gasteiger partial charge in [-0.15, -0.1) is 0 Å². The van der Waals surface area contributed by atoms with Gasteiger partial charge in [0.2, 0.25) is 0 Å². The third-order valence-corrected chi connectivity index (χ3v) is 6.67. The van der Waals surface area contributed by atoms with Gasteiger partial charge in [0.05, 0.1) is 0 Å². The Morgan fingerprint density at radius 1 is 1.24 bits per heavy atom. The Kier molecular flexibility index (Phi) is 3.85. The molecule has 136 valence electrons. The van der Waals surface area contributed by atoms with Crippen LogP contribution in [-0.4, -0.2) is 20.0 Å². The Morgan fingerprint density at radius 2 is 2.04 bits per heavy atom. The summed E-state index contributed by atoms with van der Waals surface area (Å²) in [5.74, 6) is 1.54. The van der Waals surface area contributed by atoms with Crippen molar-refractivity contribution in [1.82, 2.24) is 0 Å². The second-order valence-corrected chi connectivity index (χ2v) is 8.87. The fourth-order valence-electron chi connectivity index (χ4n) is 5.26. The Morgan fingerprint density at radius 3 is 2.80 bits per heavy atom. The zero-order valence-corrected chi connectivity index (χ0v) is 15.1. The van der Waals surface area contributed by atoms with E-state index in [4.69, 9.17) is 14.1 Å². The van der Waals surface area contributed by atoms with Crippen LogP contribution in [-0.2, 0) is 26.3 Å². The van der Waals surface area contributed by atoms with Gasteiger partial charge in [-0.05, 0) is 74.1 Å². The minimum absolute atomic E-state index is 0.0711. The molecule has 0 aromatic heterocycles. The zero-order valence-electron chi connectivity index (χ0n) is 14.2. The van der Waals surface area contributed by atoms with E-state index >= 15 is 0 Å². The number of esters is 1. The van der Waals surface area contributed by atoms with Crippen LogP contribution in [0.1, 0.15) is 56.1 Å². The second-order valence-electron chi connectivity index (χ2n) is 7.72. The molecule has 0 unspecified atom stereocenters. The molecule has 1 saturated heterocycles. The minimum Gasteiger partial charge on any atom is -0.459 e. The second kappa shape index (κ2) is 5.71.